The van der Waals surface area contributed by atoms with Gasteiger partial charge in [0.05, 0.1) is 47.9 Å². The number of fused-ring (bicyclic) bond motifs is 3. The zero-order chi connectivity index (χ0) is 47.7. The maximum atomic E-state index is 14.2. The van der Waals surface area contributed by atoms with Gasteiger partial charge in [-0.15, -0.1) is 32.9 Å². The first-order chi connectivity index (χ1) is 32.0. The fraction of sp³-hybridized carbons (Fsp3) is 0.380. The minimum absolute atomic E-state index is 0.0253. The number of hydrogen-bond donors (Lipinski definition) is 3. The number of rotatable bonds is 13. The lowest BCUT2D eigenvalue weighted by Crippen LogP contribution is -2.58. The zero-order valence-corrected chi connectivity index (χ0v) is 40.9. The van der Waals surface area contributed by atoms with Crippen LogP contribution in [0, 0.1) is 33.1 Å². The topological polar surface area (TPSA) is 186 Å². The maximum absolute atomic E-state index is 14.2. The summed E-state index contributed by atoms with van der Waals surface area (Å²) in [7, 11) is 1.37. The van der Waals surface area contributed by atoms with E-state index in [1.165, 1.54) is 7.11 Å². The largest absolute Gasteiger partial charge is 0.469 e. The lowest BCUT2D eigenvalue weighted by molar-refractivity contribution is -0.143. The Morgan fingerprint density at radius 2 is 1.58 bits per heavy atom. The summed E-state index contributed by atoms with van der Waals surface area (Å²) >= 11 is 3.25. The number of thiazole rings is 1. The van der Waals surface area contributed by atoms with Gasteiger partial charge < -0.3 is 25.6 Å². The number of aryl methyl sites for hydroxylation is 3. The van der Waals surface area contributed by atoms with E-state index < -0.39 is 23.5 Å². The van der Waals surface area contributed by atoms with Gasteiger partial charge in [0, 0.05) is 34.3 Å². The lowest BCUT2D eigenvalue weighted by Gasteiger charge is -2.35. The molecule has 3 N–H and O–H groups in total. The number of aromatic nitrogens is 5. The summed E-state index contributed by atoms with van der Waals surface area (Å²) in [5.74, 6) is 0.563. The van der Waals surface area contributed by atoms with E-state index in [9.17, 15) is 19.2 Å². The first-order valence-corrected chi connectivity index (χ1v) is 24.1. The van der Waals surface area contributed by atoms with Crippen LogP contribution in [-0.4, -0.2) is 91.3 Å². The van der Waals surface area contributed by atoms with Crippen molar-refractivity contribution in [1.29, 1.82) is 0 Å². The van der Waals surface area contributed by atoms with Gasteiger partial charge >= 0.3 is 5.97 Å². The molecule has 15 nitrogen and oxygen atoms in total. The summed E-state index contributed by atoms with van der Waals surface area (Å²) in [5.41, 5.74) is 9.78. The molecule has 0 saturated carbocycles. The van der Waals surface area contributed by atoms with Crippen molar-refractivity contribution in [3.63, 3.8) is 0 Å². The van der Waals surface area contributed by atoms with Crippen LogP contribution in [0.2, 0.25) is 0 Å². The van der Waals surface area contributed by atoms with Crippen LogP contribution in [0.5, 0.6) is 0 Å². The Kier molecular flexibility index (Phi) is 13.5. The van der Waals surface area contributed by atoms with Crippen molar-refractivity contribution >= 4 is 57.9 Å². The molecular formula is C50H56N10O5S2. The first kappa shape index (κ1) is 46.9. The Hall–Kier alpha value is -6.59. The van der Waals surface area contributed by atoms with Crippen molar-refractivity contribution in [1.82, 2.24) is 40.3 Å². The molecule has 348 valence electrons. The molecule has 2 aliphatic heterocycles. The van der Waals surface area contributed by atoms with Crippen molar-refractivity contribution in [2.45, 2.75) is 98.8 Å². The number of pyridine rings is 1. The van der Waals surface area contributed by atoms with Crippen molar-refractivity contribution in [3.8, 4) is 26.6 Å². The Morgan fingerprint density at radius 3 is 2.24 bits per heavy atom. The number of methoxy groups -OCH3 is 1. The predicted molar refractivity (Wildman–Crippen MR) is 262 cm³/mol. The second-order valence-corrected chi connectivity index (χ2v) is 20.3. The molecular weight excluding hydrogens is 885 g/mol. The van der Waals surface area contributed by atoms with Gasteiger partial charge in [-0.05, 0) is 87.3 Å². The number of hydrogen-bond acceptors (Lipinski definition) is 13. The number of carbonyl (C=O) groups is 4. The standard InChI is InChI=1S/C50H56N10O5S2/c1-27-30(4)67-49-42(27)43(55-37(23-41(62)65-9)46-58-57-31(5)60(46)49)34-16-14-33(15-17-34)36-20-21-39(51-24-36)52-25-40(61)56-45(50(6,7)8)48(64)59-22-10-11-38(59)47(63)54-28(2)32-12-18-35(19-13-32)44-29(3)53-26-66-44/h12-21,24,26,28,37-38,45H,10-11,22-23,25H2,1-9H3,(H,51,52)(H,54,63)(H,56,61). The van der Waals surface area contributed by atoms with Crippen LogP contribution in [0.3, 0.4) is 0 Å². The monoisotopic (exact) mass is 940 g/mol. The molecule has 2 aromatic carbocycles. The van der Waals surface area contributed by atoms with Gasteiger partial charge in [-0.1, -0.05) is 69.3 Å². The Labute approximate surface area is 398 Å². The number of anilines is 1. The van der Waals surface area contributed by atoms with E-state index in [0.29, 0.717) is 31.0 Å². The molecule has 4 atom stereocenters. The van der Waals surface area contributed by atoms with Crippen molar-refractivity contribution in [2.24, 2.45) is 10.4 Å². The van der Waals surface area contributed by atoms with Gasteiger partial charge in [-0.2, -0.15) is 0 Å². The number of aliphatic imine (C=N–C) groups is 1. The summed E-state index contributed by atoms with van der Waals surface area (Å²) < 4.78 is 7.04. The van der Waals surface area contributed by atoms with Crippen molar-refractivity contribution in [2.75, 3.05) is 25.5 Å². The Morgan fingerprint density at radius 1 is 0.881 bits per heavy atom. The molecule has 6 heterocycles. The highest BCUT2D eigenvalue weighted by Crippen LogP contribution is 2.40. The van der Waals surface area contributed by atoms with Crippen LogP contribution >= 0.6 is 22.7 Å². The fourth-order valence-electron chi connectivity index (χ4n) is 8.65. The predicted octanol–water partition coefficient (Wildman–Crippen LogP) is 8.01. The molecule has 4 unspecified atom stereocenters. The number of nitrogens with one attached hydrogen (secondary N) is 3. The first-order valence-electron chi connectivity index (χ1n) is 22.4. The molecule has 2 aliphatic rings. The van der Waals surface area contributed by atoms with Gasteiger partial charge in [0.1, 0.15) is 34.8 Å². The molecule has 17 heteroatoms. The quantitative estimate of drug-likeness (QED) is 0.0959. The summed E-state index contributed by atoms with van der Waals surface area (Å²) in [4.78, 5) is 71.9. The van der Waals surface area contributed by atoms with E-state index in [1.54, 1.807) is 33.8 Å². The van der Waals surface area contributed by atoms with Crippen LogP contribution in [-0.2, 0) is 23.9 Å². The molecule has 4 aromatic heterocycles. The number of carbonyl (C=O) groups excluding carboxylic acids is 4. The van der Waals surface area contributed by atoms with E-state index in [-0.39, 0.29) is 42.7 Å². The third-order valence-electron chi connectivity index (χ3n) is 12.5. The summed E-state index contributed by atoms with van der Waals surface area (Å²) in [6, 6.07) is 17.5. The minimum atomic E-state index is -0.862. The second-order valence-electron chi connectivity index (χ2n) is 18.2. The number of likely N-dealkylation sites (tertiary alicyclic amines) is 1. The van der Waals surface area contributed by atoms with E-state index in [0.717, 1.165) is 70.9 Å². The Balaban J connectivity index is 0.896. The van der Waals surface area contributed by atoms with Crippen LogP contribution in [0.25, 0.3) is 26.6 Å². The molecule has 6 aromatic rings. The van der Waals surface area contributed by atoms with E-state index in [2.05, 4.69) is 50.0 Å². The number of nitrogens with zero attached hydrogens (tertiary/aromatic N) is 7. The molecule has 0 spiro atoms. The zero-order valence-electron chi connectivity index (χ0n) is 39.3. The summed E-state index contributed by atoms with van der Waals surface area (Å²) in [6.07, 6.45) is 3.00. The van der Waals surface area contributed by atoms with Gasteiger partial charge in [0.15, 0.2) is 5.82 Å². The van der Waals surface area contributed by atoms with E-state index in [1.807, 2.05) is 112 Å². The maximum Gasteiger partial charge on any atom is 0.308 e. The molecule has 8 rings (SSSR count). The van der Waals surface area contributed by atoms with Crippen LogP contribution in [0.4, 0.5) is 5.82 Å². The van der Waals surface area contributed by atoms with Crippen molar-refractivity contribution < 1.29 is 23.9 Å². The number of ether oxygens (including phenoxy) is 1. The molecule has 67 heavy (non-hydrogen) atoms. The molecule has 0 radical (unpaired) electrons. The number of benzene rings is 2. The molecule has 0 bridgehead atoms. The second kappa shape index (κ2) is 19.3. The van der Waals surface area contributed by atoms with Crippen molar-refractivity contribution in [3.05, 3.63) is 117 Å². The third-order valence-corrected chi connectivity index (χ3v) is 14.7. The van der Waals surface area contributed by atoms with Gasteiger partial charge in [-0.25, -0.2) is 9.97 Å². The van der Waals surface area contributed by atoms with Crippen LogP contribution in [0.1, 0.15) is 104 Å². The average molecular weight is 941 g/mol. The number of esters is 1. The molecule has 1 saturated heterocycles. The fourth-order valence-corrected chi connectivity index (χ4v) is 10.7. The molecule has 3 amide bonds. The smallest absolute Gasteiger partial charge is 0.308 e. The lowest BCUT2D eigenvalue weighted by atomic mass is 9.85. The normalized spacial score (nSPS) is 16.6. The summed E-state index contributed by atoms with van der Waals surface area (Å²) in [5, 5.41) is 18.9. The summed E-state index contributed by atoms with van der Waals surface area (Å²) in [6.45, 7) is 16.0. The van der Waals surface area contributed by atoms with Crippen LogP contribution in [0.15, 0.2) is 77.4 Å². The van der Waals surface area contributed by atoms with E-state index in [4.69, 9.17) is 9.73 Å². The van der Waals surface area contributed by atoms with Gasteiger partial charge in [-0.3, -0.25) is 28.7 Å². The molecule has 1 fully saturated rings. The van der Waals surface area contributed by atoms with Gasteiger partial charge in [0.25, 0.3) is 0 Å². The highest BCUT2D eigenvalue weighted by atomic mass is 32.1. The highest BCUT2D eigenvalue weighted by Gasteiger charge is 2.42. The third kappa shape index (κ3) is 9.79. The SMILES string of the molecule is COC(=O)CC1N=C(c2ccc(-c3ccc(NCC(=O)NC(C(=O)N4CCCC4C(=O)NC(C)c4ccc(-c5scnc5C)cc4)C(C)(C)C)nc3)cc2)c2c(sc(C)c2C)-n2c(C)nnc21. The molecule has 0 aliphatic carbocycles. The van der Waals surface area contributed by atoms with Gasteiger partial charge in [0.2, 0.25) is 17.7 Å². The highest BCUT2D eigenvalue weighted by molar-refractivity contribution is 7.15. The number of thiophene rings is 1. The van der Waals surface area contributed by atoms with E-state index >= 15 is 0 Å². The Bertz CT molecular complexity index is 2840. The van der Waals surface area contributed by atoms with Crippen LogP contribution < -0.4 is 16.0 Å². The minimum Gasteiger partial charge on any atom is -0.469 e. The average Bonchev–Trinajstić information content (AvgIpc) is 4.11. The number of amides is 3.